The maximum absolute atomic E-state index is 13.8. The summed E-state index contributed by atoms with van der Waals surface area (Å²) in [6.07, 6.45) is -2.65. The molecule has 2 aromatic rings. The minimum atomic E-state index is -1.83. The number of aromatic hydroxyl groups is 2. The molecule has 7 N–H and O–H groups in total. The summed E-state index contributed by atoms with van der Waals surface area (Å²) in [4.78, 5) is 39.8. The molecule has 3 aliphatic rings. The highest BCUT2D eigenvalue weighted by molar-refractivity contribution is 6.31. The van der Waals surface area contributed by atoms with Gasteiger partial charge in [-0.05, 0) is 26.3 Å². The Bertz CT molecular complexity index is 1560. The lowest BCUT2D eigenvalue weighted by Crippen LogP contribution is -2.52. The van der Waals surface area contributed by atoms with E-state index < -0.39 is 70.4 Å². The van der Waals surface area contributed by atoms with Crippen molar-refractivity contribution in [2.75, 3.05) is 7.11 Å². The van der Waals surface area contributed by atoms with Crippen molar-refractivity contribution in [3.05, 3.63) is 51.6 Å². The number of carbonyl (C=O) groups excluding carboxylic acids is 3. The molecule has 0 radical (unpaired) electrons. The summed E-state index contributed by atoms with van der Waals surface area (Å²) in [6, 6.07) is 3.78. The first-order chi connectivity index (χ1) is 21.3. The molecule has 0 spiro atoms. The van der Waals surface area contributed by atoms with Gasteiger partial charge < -0.3 is 40.4 Å². The van der Waals surface area contributed by atoms with Crippen molar-refractivity contribution in [1.29, 1.82) is 0 Å². The van der Waals surface area contributed by atoms with E-state index in [1.807, 2.05) is 6.92 Å². The molecular weight excluding hydrogens is 586 g/mol. The number of hydrazone groups is 1. The van der Waals surface area contributed by atoms with Gasteiger partial charge in [-0.2, -0.15) is 5.10 Å². The number of methoxy groups -OCH3 is 1. The molecule has 6 atom stereocenters. The summed E-state index contributed by atoms with van der Waals surface area (Å²) in [5.74, 6) is -2.84. The van der Waals surface area contributed by atoms with E-state index in [-0.39, 0.29) is 65.3 Å². The number of hydrogen-bond acceptors (Lipinski definition) is 12. The normalized spacial score (nSPS) is 27.8. The number of phenols is 2. The van der Waals surface area contributed by atoms with Crippen LogP contribution in [0.4, 0.5) is 0 Å². The number of unbranched alkanes of at least 4 members (excludes halogenated alkanes) is 1. The third-order valence-electron chi connectivity index (χ3n) is 8.92. The fourth-order valence-corrected chi connectivity index (χ4v) is 6.31. The molecule has 1 amide bonds. The number of nitrogens with zero attached hydrogens (tertiary/aromatic N) is 1. The molecule has 1 aliphatic heterocycles. The van der Waals surface area contributed by atoms with E-state index in [9.17, 15) is 34.8 Å². The van der Waals surface area contributed by atoms with Crippen molar-refractivity contribution in [3.8, 4) is 17.2 Å². The smallest absolute Gasteiger partial charge is 0.240 e. The van der Waals surface area contributed by atoms with E-state index in [0.29, 0.717) is 6.42 Å². The number of carbonyl (C=O) groups is 3. The van der Waals surface area contributed by atoms with E-state index >= 15 is 0 Å². The highest BCUT2D eigenvalue weighted by Gasteiger charge is 2.49. The Morgan fingerprint density at radius 1 is 1.18 bits per heavy atom. The van der Waals surface area contributed by atoms with Gasteiger partial charge in [0, 0.05) is 48.4 Å². The van der Waals surface area contributed by atoms with Gasteiger partial charge in [0.1, 0.15) is 22.8 Å². The summed E-state index contributed by atoms with van der Waals surface area (Å²) in [5.41, 5.74) is 5.89. The average molecular weight is 626 g/mol. The second-order valence-corrected chi connectivity index (χ2v) is 11.9. The fraction of sp³-hybridized carbons (Fsp3) is 0.500. The minimum absolute atomic E-state index is 0.00819. The number of nitrogens with one attached hydrogen (secondary N) is 1. The molecule has 13 heteroatoms. The van der Waals surface area contributed by atoms with Crippen LogP contribution in [0.3, 0.4) is 0 Å². The molecule has 1 fully saturated rings. The highest BCUT2D eigenvalue weighted by atomic mass is 16.7. The molecule has 45 heavy (non-hydrogen) atoms. The maximum Gasteiger partial charge on any atom is 0.240 e. The van der Waals surface area contributed by atoms with E-state index in [1.54, 1.807) is 6.92 Å². The number of benzene rings is 2. The number of rotatable bonds is 8. The fourth-order valence-electron chi connectivity index (χ4n) is 6.31. The van der Waals surface area contributed by atoms with Crippen molar-refractivity contribution >= 4 is 23.2 Å². The largest absolute Gasteiger partial charge is 0.507 e. The topological polar surface area (TPSA) is 210 Å². The molecule has 0 bridgehead atoms. The number of fused-ring (bicyclic) bond motifs is 3. The van der Waals surface area contributed by atoms with Crippen LogP contribution < -0.4 is 15.9 Å². The third-order valence-corrected chi connectivity index (χ3v) is 8.92. The molecule has 13 nitrogen and oxygen atoms in total. The third kappa shape index (κ3) is 5.70. The van der Waals surface area contributed by atoms with Crippen LogP contribution in [0, 0.1) is 0 Å². The Morgan fingerprint density at radius 3 is 2.56 bits per heavy atom. The van der Waals surface area contributed by atoms with Crippen LogP contribution in [0.2, 0.25) is 0 Å². The standard InChI is InChI=1S/C32H39N3O10/c1-5-6-10-21(36)35-34-15(3)32(42)12-17-24(20(13-32)45-22-11-18(33)27(37)14(2)44-22)31(41)26-25(29(17)39)28(38)16-8-7-9-19(43-4)23(16)30(26)40/h7-9,14,18,20,22,27,37,39,41-42H,5-6,10-13,33H2,1-4H3,(H,35,36)/b34-15-/t14-,18-,20+,22+,27+,32+/m0/s1. The van der Waals surface area contributed by atoms with Gasteiger partial charge in [0.2, 0.25) is 11.7 Å². The molecule has 0 saturated carbocycles. The van der Waals surface area contributed by atoms with Crippen LogP contribution in [0.1, 0.15) is 102 Å². The summed E-state index contributed by atoms with van der Waals surface area (Å²) in [5, 5.41) is 49.7. The van der Waals surface area contributed by atoms with Gasteiger partial charge in [-0.25, -0.2) is 5.43 Å². The van der Waals surface area contributed by atoms with Gasteiger partial charge in [-0.15, -0.1) is 0 Å². The number of ketones is 2. The summed E-state index contributed by atoms with van der Waals surface area (Å²) in [6.45, 7) is 5.07. The lowest BCUT2D eigenvalue weighted by molar-refractivity contribution is -0.245. The molecule has 5 rings (SSSR count). The Kier molecular flexibility index (Phi) is 9.02. The van der Waals surface area contributed by atoms with E-state index in [1.165, 1.54) is 32.2 Å². The Morgan fingerprint density at radius 2 is 1.89 bits per heavy atom. The van der Waals surface area contributed by atoms with Gasteiger partial charge in [-0.1, -0.05) is 25.5 Å². The quantitative estimate of drug-likeness (QED) is 0.121. The van der Waals surface area contributed by atoms with Gasteiger partial charge in [0.25, 0.3) is 0 Å². The molecule has 1 heterocycles. The lowest BCUT2D eigenvalue weighted by atomic mass is 9.72. The predicted molar refractivity (Wildman–Crippen MR) is 160 cm³/mol. The molecule has 242 valence electrons. The van der Waals surface area contributed by atoms with Crippen LogP contribution >= 0.6 is 0 Å². The molecular formula is C32H39N3O10. The monoisotopic (exact) mass is 625 g/mol. The van der Waals surface area contributed by atoms with Crippen LogP contribution in [0.25, 0.3) is 0 Å². The second-order valence-electron chi connectivity index (χ2n) is 11.9. The van der Waals surface area contributed by atoms with Crippen molar-refractivity contribution < 1.29 is 49.0 Å². The minimum Gasteiger partial charge on any atom is -0.507 e. The number of amides is 1. The zero-order valence-electron chi connectivity index (χ0n) is 25.6. The van der Waals surface area contributed by atoms with Gasteiger partial charge in [0.05, 0.1) is 47.8 Å². The van der Waals surface area contributed by atoms with Crippen molar-refractivity contribution in [2.45, 2.75) is 95.5 Å². The average Bonchev–Trinajstić information content (AvgIpc) is 3.01. The SMILES string of the molecule is CCCCC(=O)N/N=C(/C)[C@@]1(O)Cc2c(O)c3c(c(O)c2[C@H](O[C@@H]2C[C@H](N)[C@H](O)[C@H](C)O2)C1)C(=O)c1c(OC)cccc1C3=O. The molecule has 1 saturated heterocycles. The molecule has 2 aromatic carbocycles. The predicted octanol–water partition coefficient (Wildman–Crippen LogP) is 2.12. The van der Waals surface area contributed by atoms with E-state index in [4.69, 9.17) is 19.9 Å². The number of aliphatic hydroxyl groups excluding tert-OH is 1. The Balaban J connectivity index is 1.63. The van der Waals surface area contributed by atoms with Crippen LogP contribution in [-0.4, -0.2) is 80.9 Å². The first-order valence-electron chi connectivity index (χ1n) is 15.0. The van der Waals surface area contributed by atoms with Crippen molar-refractivity contribution in [1.82, 2.24) is 5.43 Å². The number of phenolic OH excluding ortho intramolecular Hbond substituents is 2. The van der Waals surface area contributed by atoms with Crippen LogP contribution in [-0.2, 0) is 20.7 Å². The van der Waals surface area contributed by atoms with Crippen molar-refractivity contribution in [2.24, 2.45) is 10.8 Å². The molecule has 2 aliphatic carbocycles. The van der Waals surface area contributed by atoms with Gasteiger partial charge in [0.15, 0.2) is 12.1 Å². The number of aliphatic hydroxyl groups is 2. The zero-order valence-corrected chi connectivity index (χ0v) is 25.6. The van der Waals surface area contributed by atoms with Crippen LogP contribution in [0.15, 0.2) is 23.3 Å². The van der Waals surface area contributed by atoms with Gasteiger partial charge in [-0.3, -0.25) is 14.4 Å². The zero-order chi connectivity index (χ0) is 32.8. The second kappa shape index (κ2) is 12.5. The van der Waals surface area contributed by atoms with Gasteiger partial charge >= 0.3 is 0 Å². The molecule has 0 aromatic heterocycles. The number of hydrogen-bond donors (Lipinski definition) is 6. The van der Waals surface area contributed by atoms with E-state index in [0.717, 1.165) is 6.42 Å². The summed E-state index contributed by atoms with van der Waals surface area (Å²) < 4.78 is 17.4. The van der Waals surface area contributed by atoms with E-state index in [2.05, 4.69) is 10.5 Å². The Labute approximate surface area is 260 Å². The number of ether oxygens (including phenoxy) is 3. The lowest BCUT2D eigenvalue weighted by Gasteiger charge is -2.42. The highest BCUT2D eigenvalue weighted by Crippen LogP contribution is 2.52. The Hall–Kier alpha value is -3.88. The molecule has 0 unspecified atom stereocenters. The number of nitrogens with two attached hydrogens (primary N) is 1. The summed E-state index contributed by atoms with van der Waals surface area (Å²) >= 11 is 0. The van der Waals surface area contributed by atoms with Crippen LogP contribution in [0.5, 0.6) is 17.2 Å². The maximum atomic E-state index is 13.8. The van der Waals surface area contributed by atoms with Crippen molar-refractivity contribution in [3.63, 3.8) is 0 Å². The first-order valence-corrected chi connectivity index (χ1v) is 15.0. The summed E-state index contributed by atoms with van der Waals surface area (Å²) in [7, 11) is 1.35. The first kappa shape index (κ1) is 32.5.